The Bertz CT molecular complexity index is 1070. The van der Waals surface area contributed by atoms with Crippen molar-refractivity contribution >= 4 is 0 Å². The number of hydrogen-bond acceptors (Lipinski definition) is 4. The Labute approximate surface area is 186 Å². The van der Waals surface area contributed by atoms with Crippen LogP contribution in [0.2, 0.25) is 0 Å². The predicted molar refractivity (Wildman–Crippen MR) is 119 cm³/mol. The molecule has 3 aromatic carbocycles. The lowest BCUT2D eigenvalue weighted by atomic mass is 9.80. The molecule has 0 fully saturated rings. The van der Waals surface area contributed by atoms with Gasteiger partial charge in [0.05, 0.1) is 18.5 Å². The molecule has 1 aromatic heterocycles. The molecule has 0 bridgehead atoms. The summed E-state index contributed by atoms with van der Waals surface area (Å²) in [6.45, 7) is 0.0515. The Hall–Kier alpha value is -3.70. The summed E-state index contributed by atoms with van der Waals surface area (Å²) in [5, 5.41) is 0. The van der Waals surface area contributed by atoms with Crippen molar-refractivity contribution in [1.82, 2.24) is 4.98 Å². The van der Waals surface area contributed by atoms with Crippen molar-refractivity contribution in [2.45, 2.75) is 18.6 Å². The fraction of sp³-hybridized carbons (Fsp3) is 0.148. The zero-order valence-electron chi connectivity index (χ0n) is 17.4. The maximum atomic E-state index is 13.6. The van der Waals surface area contributed by atoms with Gasteiger partial charge in [0.15, 0.2) is 18.1 Å². The number of halogens is 1. The van der Waals surface area contributed by atoms with E-state index in [2.05, 4.69) is 41.4 Å². The van der Waals surface area contributed by atoms with Gasteiger partial charge in [-0.2, -0.15) is 4.39 Å². The summed E-state index contributed by atoms with van der Waals surface area (Å²) >= 11 is 0. The highest BCUT2D eigenvalue weighted by Gasteiger charge is 2.37. The highest BCUT2D eigenvalue weighted by atomic mass is 19.1. The molecule has 4 nitrogen and oxygen atoms in total. The zero-order chi connectivity index (χ0) is 21.8. The van der Waals surface area contributed by atoms with Crippen molar-refractivity contribution in [2.75, 3.05) is 6.61 Å². The van der Waals surface area contributed by atoms with Crippen LogP contribution in [0, 0.1) is 0 Å². The van der Waals surface area contributed by atoms with E-state index >= 15 is 0 Å². The Morgan fingerprint density at radius 3 is 1.88 bits per heavy atom. The smallest absolute Gasteiger partial charge is 0.272 e. The van der Waals surface area contributed by atoms with Crippen molar-refractivity contribution in [3.05, 3.63) is 126 Å². The average molecular weight is 427 g/mol. The van der Waals surface area contributed by atoms with Gasteiger partial charge in [-0.05, 0) is 16.7 Å². The highest BCUT2D eigenvalue weighted by Crippen LogP contribution is 2.41. The normalized spacial score (nSPS) is 15.3. The summed E-state index contributed by atoms with van der Waals surface area (Å²) in [5.74, 6) is 0.769. The maximum absolute atomic E-state index is 13.6. The quantitative estimate of drug-likeness (QED) is 0.373. The number of alkyl halides is 1. The van der Waals surface area contributed by atoms with Gasteiger partial charge in [-0.15, -0.1) is 0 Å². The monoisotopic (exact) mass is 427 g/mol. The SMILES string of the molecule is FC1COc2cnc(COC(c3ccccc3)(c3ccccc3)c3ccccc3)cc2O1. The van der Waals surface area contributed by atoms with E-state index in [1.807, 2.05) is 54.6 Å². The molecule has 0 N–H and O–H groups in total. The van der Waals surface area contributed by atoms with Gasteiger partial charge in [0.25, 0.3) is 6.36 Å². The fourth-order valence-electron chi connectivity index (χ4n) is 4.02. The second kappa shape index (κ2) is 8.81. The van der Waals surface area contributed by atoms with Crippen molar-refractivity contribution in [1.29, 1.82) is 0 Å². The second-order valence-corrected chi connectivity index (χ2v) is 7.53. The van der Waals surface area contributed by atoms with Crippen LogP contribution in [-0.2, 0) is 16.9 Å². The van der Waals surface area contributed by atoms with Gasteiger partial charge in [0, 0.05) is 6.07 Å². The van der Waals surface area contributed by atoms with Crippen LogP contribution >= 0.6 is 0 Å². The standard InChI is InChI=1S/C27H22FNO3/c28-26-19-30-25-17-29-23(16-24(25)32-26)18-31-27(20-10-4-1-5-11-20,21-12-6-2-7-13-21)22-14-8-3-9-15-22/h1-17,26H,18-19H2. The third kappa shape index (κ3) is 3.83. The predicted octanol–water partition coefficient (Wildman–Crippen LogP) is 5.66. The topological polar surface area (TPSA) is 40.6 Å². The first-order chi connectivity index (χ1) is 15.8. The second-order valence-electron chi connectivity index (χ2n) is 7.53. The largest absolute Gasteiger partial charge is 0.481 e. The van der Waals surface area contributed by atoms with Crippen LogP contribution in [0.4, 0.5) is 4.39 Å². The number of nitrogens with zero attached hydrogens (tertiary/aromatic N) is 1. The lowest BCUT2D eigenvalue weighted by molar-refractivity contribution is -0.00811. The molecule has 0 amide bonds. The van der Waals surface area contributed by atoms with Crippen molar-refractivity contribution < 1.29 is 18.6 Å². The van der Waals surface area contributed by atoms with Gasteiger partial charge in [-0.25, -0.2) is 0 Å². The lowest BCUT2D eigenvalue weighted by Gasteiger charge is -2.36. The molecule has 0 aliphatic carbocycles. The average Bonchev–Trinajstić information content (AvgIpc) is 2.86. The summed E-state index contributed by atoms with van der Waals surface area (Å²) in [6.07, 6.45) is 0.0607. The summed E-state index contributed by atoms with van der Waals surface area (Å²) < 4.78 is 31.0. The molecule has 0 spiro atoms. The molecular formula is C27H22FNO3. The minimum Gasteiger partial charge on any atom is -0.481 e. The van der Waals surface area contributed by atoms with E-state index in [0.29, 0.717) is 17.2 Å². The molecular weight excluding hydrogens is 405 g/mol. The lowest BCUT2D eigenvalue weighted by Crippen LogP contribution is -2.33. The molecule has 2 heterocycles. The number of benzene rings is 3. The molecule has 160 valence electrons. The molecule has 1 unspecified atom stereocenters. The van der Waals surface area contributed by atoms with E-state index in [4.69, 9.17) is 14.2 Å². The van der Waals surface area contributed by atoms with E-state index in [1.54, 1.807) is 12.3 Å². The number of ether oxygens (including phenoxy) is 3. The van der Waals surface area contributed by atoms with Gasteiger partial charge >= 0.3 is 0 Å². The number of fused-ring (bicyclic) bond motifs is 1. The molecule has 1 atom stereocenters. The van der Waals surface area contributed by atoms with Gasteiger partial charge in [-0.3, -0.25) is 4.98 Å². The molecule has 4 aromatic rings. The summed E-state index contributed by atoms with van der Waals surface area (Å²) in [6, 6.07) is 32.0. The minimum absolute atomic E-state index is 0.135. The van der Waals surface area contributed by atoms with Crippen molar-refractivity contribution in [3.8, 4) is 11.5 Å². The van der Waals surface area contributed by atoms with Crippen LogP contribution in [0.3, 0.4) is 0 Å². The van der Waals surface area contributed by atoms with Crippen LogP contribution < -0.4 is 9.47 Å². The third-order valence-corrected chi connectivity index (χ3v) is 5.49. The van der Waals surface area contributed by atoms with E-state index < -0.39 is 12.0 Å². The third-order valence-electron chi connectivity index (χ3n) is 5.49. The molecule has 0 saturated carbocycles. The van der Waals surface area contributed by atoms with Gasteiger partial charge in [-0.1, -0.05) is 91.0 Å². The van der Waals surface area contributed by atoms with Crippen LogP contribution in [-0.4, -0.2) is 17.9 Å². The summed E-state index contributed by atoms with van der Waals surface area (Å²) in [7, 11) is 0. The van der Waals surface area contributed by atoms with Crippen LogP contribution in [0.25, 0.3) is 0 Å². The Morgan fingerprint density at radius 1 is 0.812 bits per heavy atom. The first kappa shape index (κ1) is 20.2. The minimum atomic E-state index is -1.49. The summed E-state index contributed by atoms with van der Waals surface area (Å²) in [5.41, 5.74) is 2.76. The van der Waals surface area contributed by atoms with Crippen LogP contribution in [0.5, 0.6) is 11.5 Å². The zero-order valence-corrected chi connectivity index (χ0v) is 17.4. The molecule has 0 radical (unpaired) electrons. The van der Waals surface area contributed by atoms with Crippen molar-refractivity contribution in [2.24, 2.45) is 0 Å². The maximum Gasteiger partial charge on any atom is 0.272 e. The Kier molecular flexibility index (Phi) is 5.57. The molecule has 1 aliphatic rings. The van der Waals surface area contributed by atoms with E-state index in [0.717, 1.165) is 16.7 Å². The molecule has 5 heteroatoms. The molecule has 5 rings (SSSR count). The van der Waals surface area contributed by atoms with Gasteiger partial charge < -0.3 is 14.2 Å². The number of aromatic nitrogens is 1. The van der Waals surface area contributed by atoms with Gasteiger partial charge in [0.1, 0.15) is 5.60 Å². The summed E-state index contributed by atoms with van der Waals surface area (Å²) in [4.78, 5) is 4.45. The van der Waals surface area contributed by atoms with Crippen LogP contribution in [0.15, 0.2) is 103 Å². The van der Waals surface area contributed by atoms with E-state index in [-0.39, 0.29) is 13.2 Å². The first-order valence-electron chi connectivity index (χ1n) is 10.5. The molecule has 0 saturated heterocycles. The van der Waals surface area contributed by atoms with Gasteiger partial charge in [0.2, 0.25) is 0 Å². The fourth-order valence-corrected chi connectivity index (χ4v) is 4.02. The first-order valence-corrected chi connectivity index (χ1v) is 10.5. The molecule has 32 heavy (non-hydrogen) atoms. The molecule has 1 aliphatic heterocycles. The Morgan fingerprint density at radius 2 is 1.34 bits per heavy atom. The number of hydrogen-bond donors (Lipinski definition) is 0. The van der Waals surface area contributed by atoms with E-state index in [1.165, 1.54) is 0 Å². The highest BCUT2D eigenvalue weighted by molar-refractivity contribution is 5.47. The van der Waals surface area contributed by atoms with Crippen molar-refractivity contribution in [3.63, 3.8) is 0 Å². The van der Waals surface area contributed by atoms with E-state index in [9.17, 15) is 4.39 Å². The number of rotatable bonds is 6. The Balaban J connectivity index is 1.58. The van der Waals surface area contributed by atoms with Crippen LogP contribution in [0.1, 0.15) is 22.4 Å². The number of pyridine rings is 1.